The van der Waals surface area contributed by atoms with Gasteiger partial charge in [-0.1, -0.05) is 11.6 Å². The number of hydrogen-bond acceptors (Lipinski definition) is 3. The van der Waals surface area contributed by atoms with Gasteiger partial charge in [-0.2, -0.15) is 0 Å². The molecule has 0 aromatic heterocycles. The molecule has 1 aromatic rings. The van der Waals surface area contributed by atoms with Gasteiger partial charge in [0.25, 0.3) is 0 Å². The number of anilines is 1. The molecule has 0 saturated heterocycles. The fourth-order valence-electron chi connectivity index (χ4n) is 0.901. The lowest BCUT2D eigenvalue weighted by Crippen LogP contribution is -1.91. The van der Waals surface area contributed by atoms with Crippen molar-refractivity contribution in [2.75, 3.05) is 12.4 Å². The number of nitrogens with two attached hydrogens (primary N) is 1. The van der Waals surface area contributed by atoms with Crippen molar-refractivity contribution in [3.8, 4) is 5.75 Å². The normalized spacial score (nSPS) is 10.3. The average Bonchev–Trinajstić information content (AvgIpc) is 2.15. The summed E-state index contributed by atoms with van der Waals surface area (Å²) in [5, 5.41) is 3.51. The van der Waals surface area contributed by atoms with Crippen LogP contribution in [0.5, 0.6) is 5.75 Å². The van der Waals surface area contributed by atoms with Crippen LogP contribution in [0.2, 0.25) is 5.02 Å². The molecular weight excluding hydrogens is 188 g/mol. The molecule has 70 valence electrons. The van der Waals surface area contributed by atoms with Gasteiger partial charge in [-0.3, -0.25) is 0 Å². The van der Waals surface area contributed by atoms with E-state index in [1.165, 1.54) is 6.20 Å². The molecule has 0 saturated carbocycles. The van der Waals surface area contributed by atoms with Crippen molar-refractivity contribution >= 4 is 17.3 Å². The van der Waals surface area contributed by atoms with Crippen molar-refractivity contribution in [1.82, 2.24) is 0 Å². The fraction of sp³-hybridized carbons (Fsp3) is 0.111. The summed E-state index contributed by atoms with van der Waals surface area (Å²) < 4.78 is 5.00. The van der Waals surface area contributed by atoms with Gasteiger partial charge in [0.05, 0.1) is 12.1 Å². The first-order valence-corrected chi connectivity index (χ1v) is 4.12. The molecule has 0 bridgehead atoms. The second kappa shape index (κ2) is 4.62. The third-order valence-electron chi connectivity index (χ3n) is 1.50. The lowest BCUT2D eigenvalue weighted by molar-refractivity contribution is 0.415. The summed E-state index contributed by atoms with van der Waals surface area (Å²) in [4.78, 5) is 0. The molecule has 3 nitrogen and oxygen atoms in total. The first-order valence-electron chi connectivity index (χ1n) is 3.74. The van der Waals surface area contributed by atoms with Crippen LogP contribution in [-0.2, 0) is 0 Å². The first kappa shape index (κ1) is 9.74. The zero-order valence-corrected chi connectivity index (χ0v) is 8.01. The lowest BCUT2D eigenvalue weighted by atomic mass is 10.3. The SMILES string of the molecule is COc1ccc(N/C=C/N)cc1Cl. The van der Waals surface area contributed by atoms with Crippen molar-refractivity contribution in [3.05, 3.63) is 35.6 Å². The van der Waals surface area contributed by atoms with E-state index in [1.807, 2.05) is 6.07 Å². The van der Waals surface area contributed by atoms with Gasteiger partial charge >= 0.3 is 0 Å². The maximum absolute atomic E-state index is 5.89. The van der Waals surface area contributed by atoms with Gasteiger partial charge in [0.2, 0.25) is 0 Å². The molecule has 0 atom stereocenters. The molecule has 3 N–H and O–H groups in total. The second-order valence-electron chi connectivity index (χ2n) is 2.35. The standard InChI is InChI=1S/C9H11ClN2O/c1-13-9-3-2-7(6-8(9)10)12-5-4-11/h2-6,12H,11H2,1H3/b5-4+. The Hall–Kier alpha value is -1.35. The Morgan fingerprint density at radius 3 is 2.85 bits per heavy atom. The third-order valence-corrected chi connectivity index (χ3v) is 1.79. The summed E-state index contributed by atoms with van der Waals surface area (Å²) >= 11 is 5.89. The summed E-state index contributed by atoms with van der Waals surface area (Å²) in [5.74, 6) is 0.656. The van der Waals surface area contributed by atoms with Gasteiger partial charge in [0.1, 0.15) is 5.75 Å². The van der Waals surface area contributed by atoms with Crippen LogP contribution in [0.1, 0.15) is 0 Å². The van der Waals surface area contributed by atoms with Crippen molar-refractivity contribution in [2.45, 2.75) is 0 Å². The molecule has 1 rings (SSSR count). The predicted molar refractivity (Wildman–Crippen MR) is 55.0 cm³/mol. The Kier molecular flexibility index (Phi) is 3.46. The number of hydrogen-bond donors (Lipinski definition) is 2. The Balaban J connectivity index is 2.83. The molecule has 0 fully saturated rings. The molecule has 0 aliphatic carbocycles. The monoisotopic (exact) mass is 198 g/mol. The van der Waals surface area contributed by atoms with Crippen LogP contribution in [-0.4, -0.2) is 7.11 Å². The number of benzene rings is 1. The van der Waals surface area contributed by atoms with Crippen LogP contribution in [0.15, 0.2) is 30.6 Å². The van der Waals surface area contributed by atoms with Gasteiger partial charge in [-0.15, -0.1) is 0 Å². The van der Waals surface area contributed by atoms with Gasteiger partial charge < -0.3 is 15.8 Å². The molecule has 0 amide bonds. The molecule has 13 heavy (non-hydrogen) atoms. The summed E-state index contributed by atoms with van der Waals surface area (Å²) in [7, 11) is 1.58. The summed E-state index contributed by atoms with van der Waals surface area (Å²) in [6.45, 7) is 0. The van der Waals surface area contributed by atoms with Crippen molar-refractivity contribution in [3.63, 3.8) is 0 Å². The summed E-state index contributed by atoms with van der Waals surface area (Å²) in [5.41, 5.74) is 6.04. The van der Waals surface area contributed by atoms with E-state index in [9.17, 15) is 0 Å². The molecule has 0 aliphatic rings. The van der Waals surface area contributed by atoms with E-state index in [1.54, 1.807) is 25.4 Å². The Labute approximate surface area is 82.1 Å². The molecule has 4 heteroatoms. The minimum atomic E-state index is 0.568. The smallest absolute Gasteiger partial charge is 0.137 e. The van der Waals surface area contributed by atoms with Gasteiger partial charge in [-0.25, -0.2) is 0 Å². The van der Waals surface area contributed by atoms with Crippen LogP contribution in [0, 0.1) is 0 Å². The predicted octanol–water partition coefficient (Wildman–Crippen LogP) is 2.19. The molecule has 0 heterocycles. The zero-order chi connectivity index (χ0) is 9.68. The molecule has 1 aromatic carbocycles. The highest BCUT2D eigenvalue weighted by molar-refractivity contribution is 6.32. The van der Waals surface area contributed by atoms with Crippen LogP contribution in [0.3, 0.4) is 0 Å². The molecule has 0 radical (unpaired) electrons. The van der Waals surface area contributed by atoms with Gasteiger partial charge in [0.15, 0.2) is 0 Å². The van der Waals surface area contributed by atoms with Crippen LogP contribution >= 0.6 is 11.6 Å². The van der Waals surface area contributed by atoms with E-state index >= 15 is 0 Å². The Morgan fingerprint density at radius 1 is 1.54 bits per heavy atom. The highest BCUT2D eigenvalue weighted by Gasteiger charge is 1.99. The number of rotatable bonds is 3. The lowest BCUT2D eigenvalue weighted by Gasteiger charge is -2.05. The second-order valence-corrected chi connectivity index (χ2v) is 2.76. The molecule has 0 aliphatic heterocycles. The Morgan fingerprint density at radius 2 is 2.31 bits per heavy atom. The number of methoxy groups -OCH3 is 1. The largest absolute Gasteiger partial charge is 0.495 e. The summed E-state index contributed by atoms with van der Waals surface area (Å²) in [6.07, 6.45) is 3.04. The number of ether oxygens (including phenoxy) is 1. The van der Waals surface area contributed by atoms with Crippen molar-refractivity contribution in [2.24, 2.45) is 5.73 Å². The van der Waals surface area contributed by atoms with Crippen LogP contribution in [0.25, 0.3) is 0 Å². The number of nitrogens with one attached hydrogen (secondary N) is 1. The highest BCUT2D eigenvalue weighted by Crippen LogP contribution is 2.26. The van der Waals surface area contributed by atoms with Crippen molar-refractivity contribution < 1.29 is 4.74 Å². The minimum Gasteiger partial charge on any atom is -0.495 e. The molecule has 0 spiro atoms. The van der Waals surface area contributed by atoms with E-state index in [-0.39, 0.29) is 0 Å². The highest BCUT2D eigenvalue weighted by atomic mass is 35.5. The van der Waals surface area contributed by atoms with E-state index in [0.29, 0.717) is 10.8 Å². The third kappa shape index (κ3) is 2.56. The van der Waals surface area contributed by atoms with Crippen LogP contribution < -0.4 is 15.8 Å². The topological polar surface area (TPSA) is 47.3 Å². The Bertz CT molecular complexity index is 312. The molecule has 0 unspecified atom stereocenters. The van der Waals surface area contributed by atoms with E-state index < -0.39 is 0 Å². The van der Waals surface area contributed by atoms with Gasteiger partial charge in [-0.05, 0) is 18.2 Å². The first-order chi connectivity index (χ1) is 6.27. The molecular formula is C9H11ClN2O. The van der Waals surface area contributed by atoms with E-state index in [0.717, 1.165) is 5.69 Å². The number of halogens is 1. The minimum absolute atomic E-state index is 0.568. The maximum atomic E-state index is 5.89. The summed E-state index contributed by atoms with van der Waals surface area (Å²) in [6, 6.07) is 5.40. The van der Waals surface area contributed by atoms with Gasteiger partial charge in [0, 0.05) is 18.1 Å². The van der Waals surface area contributed by atoms with E-state index in [2.05, 4.69) is 5.32 Å². The fourth-order valence-corrected chi connectivity index (χ4v) is 1.16. The van der Waals surface area contributed by atoms with Crippen LogP contribution in [0.4, 0.5) is 5.69 Å². The quantitative estimate of drug-likeness (QED) is 0.783. The zero-order valence-electron chi connectivity index (χ0n) is 7.25. The maximum Gasteiger partial charge on any atom is 0.137 e. The van der Waals surface area contributed by atoms with E-state index in [4.69, 9.17) is 22.1 Å². The van der Waals surface area contributed by atoms with Crippen molar-refractivity contribution in [1.29, 1.82) is 0 Å². The average molecular weight is 199 g/mol.